The molecule has 2 aromatic rings. The highest BCUT2D eigenvalue weighted by Gasteiger charge is 2.05. The monoisotopic (exact) mass is 238 g/mol. The topological polar surface area (TPSA) is 9.23 Å². The zero-order chi connectivity index (χ0) is 10.8. The molecule has 0 radical (unpaired) electrons. The molecule has 15 heavy (non-hydrogen) atoms. The largest absolute Gasteiger partial charge is 0.495 e. The highest BCUT2D eigenvalue weighted by molar-refractivity contribution is 7.98. The first-order valence-electron chi connectivity index (χ1n) is 4.56. The predicted molar refractivity (Wildman–Crippen MR) is 67.3 cm³/mol. The second-order valence-corrected chi connectivity index (χ2v) is 4.43. The van der Waals surface area contributed by atoms with Crippen molar-refractivity contribution in [3.8, 4) is 5.75 Å². The third kappa shape index (κ3) is 1.92. The fraction of sp³-hybridized carbons (Fsp3) is 0.167. The van der Waals surface area contributed by atoms with Crippen LogP contribution in [-0.4, -0.2) is 13.4 Å². The minimum absolute atomic E-state index is 0.683. The van der Waals surface area contributed by atoms with Crippen LogP contribution in [0.2, 0.25) is 5.02 Å². The minimum Gasteiger partial charge on any atom is -0.495 e. The quantitative estimate of drug-likeness (QED) is 0.725. The van der Waals surface area contributed by atoms with Crippen molar-refractivity contribution in [1.29, 1.82) is 0 Å². The Labute approximate surface area is 98.4 Å². The average Bonchev–Trinajstić information content (AvgIpc) is 2.29. The summed E-state index contributed by atoms with van der Waals surface area (Å²) in [5.41, 5.74) is 0. The van der Waals surface area contributed by atoms with Gasteiger partial charge in [-0.2, -0.15) is 0 Å². The van der Waals surface area contributed by atoms with Gasteiger partial charge in [0.05, 0.1) is 12.1 Å². The Morgan fingerprint density at radius 1 is 1.20 bits per heavy atom. The van der Waals surface area contributed by atoms with Crippen molar-refractivity contribution in [3.05, 3.63) is 35.4 Å². The highest BCUT2D eigenvalue weighted by Crippen LogP contribution is 2.34. The molecule has 0 aliphatic carbocycles. The Bertz CT molecular complexity index is 496. The van der Waals surface area contributed by atoms with Crippen molar-refractivity contribution < 1.29 is 4.74 Å². The lowest BCUT2D eigenvalue weighted by Gasteiger charge is -2.07. The van der Waals surface area contributed by atoms with E-state index < -0.39 is 0 Å². The molecule has 0 saturated carbocycles. The summed E-state index contributed by atoms with van der Waals surface area (Å²) in [5, 5.41) is 2.86. The molecule has 0 aliphatic heterocycles. The third-order valence-corrected chi connectivity index (χ3v) is 3.46. The van der Waals surface area contributed by atoms with Crippen LogP contribution < -0.4 is 4.74 Å². The molecule has 0 aliphatic rings. The second kappa shape index (κ2) is 4.33. The normalized spacial score (nSPS) is 10.6. The van der Waals surface area contributed by atoms with E-state index in [4.69, 9.17) is 16.3 Å². The van der Waals surface area contributed by atoms with E-state index in [9.17, 15) is 0 Å². The van der Waals surface area contributed by atoms with Crippen LogP contribution in [0.15, 0.2) is 35.2 Å². The number of hydrogen-bond acceptors (Lipinski definition) is 2. The number of thioether (sulfide) groups is 1. The molecule has 0 heterocycles. The number of rotatable bonds is 2. The molecular weight excluding hydrogens is 228 g/mol. The van der Waals surface area contributed by atoms with Gasteiger partial charge < -0.3 is 4.74 Å². The first kappa shape index (κ1) is 10.7. The molecule has 0 saturated heterocycles. The van der Waals surface area contributed by atoms with Crippen LogP contribution in [-0.2, 0) is 0 Å². The molecule has 0 N–H and O–H groups in total. The molecule has 78 valence electrons. The van der Waals surface area contributed by atoms with Gasteiger partial charge in [-0.3, -0.25) is 0 Å². The van der Waals surface area contributed by atoms with Crippen molar-refractivity contribution in [2.24, 2.45) is 0 Å². The maximum atomic E-state index is 6.21. The van der Waals surface area contributed by atoms with Crippen LogP contribution >= 0.6 is 23.4 Å². The third-order valence-electron chi connectivity index (χ3n) is 2.35. The van der Waals surface area contributed by atoms with Crippen LogP contribution in [0, 0.1) is 0 Å². The summed E-state index contributed by atoms with van der Waals surface area (Å²) in [5.74, 6) is 0.723. The summed E-state index contributed by atoms with van der Waals surface area (Å²) in [7, 11) is 1.63. The van der Waals surface area contributed by atoms with Crippen molar-refractivity contribution in [2.75, 3.05) is 13.4 Å². The fourth-order valence-electron chi connectivity index (χ4n) is 1.53. The summed E-state index contributed by atoms with van der Waals surface area (Å²) < 4.78 is 5.17. The molecule has 0 bridgehead atoms. The fourth-order valence-corrected chi connectivity index (χ4v) is 2.30. The lowest BCUT2D eigenvalue weighted by molar-refractivity contribution is 0.415. The number of benzene rings is 2. The molecule has 0 spiro atoms. The van der Waals surface area contributed by atoms with E-state index >= 15 is 0 Å². The SMILES string of the molecule is COc1ccc2cc(SC)ccc2c1Cl. The number of methoxy groups -OCH3 is 1. The summed E-state index contributed by atoms with van der Waals surface area (Å²) in [6.45, 7) is 0. The Kier molecular flexibility index (Phi) is 3.08. The van der Waals surface area contributed by atoms with E-state index in [0.717, 1.165) is 16.5 Å². The standard InChI is InChI=1S/C12H11ClOS/c1-14-11-6-3-8-7-9(15-2)4-5-10(8)12(11)13/h3-7H,1-2H3. The van der Waals surface area contributed by atoms with Crippen LogP contribution in [0.3, 0.4) is 0 Å². The molecule has 2 rings (SSSR count). The maximum absolute atomic E-state index is 6.21. The van der Waals surface area contributed by atoms with Crippen LogP contribution in [0.25, 0.3) is 10.8 Å². The summed E-state index contributed by atoms with van der Waals surface area (Å²) in [4.78, 5) is 1.24. The smallest absolute Gasteiger partial charge is 0.138 e. The zero-order valence-corrected chi connectivity index (χ0v) is 10.2. The van der Waals surface area contributed by atoms with E-state index in [0.29, 0.717) is 5.02 Å². The lowest BCUT2D eigenvalue weighted by Crippen LogP contribution is -1.85. The first-order chi connectivity index (χ1) is 7.26. The Morgan fingerprint density at radius 3 is 2.67 bits per heavy atom. The molecule has 0 amide bonds. The number of ether oxygens (including phenoxy) is 1. The van der Waals surface area contributed by atoms with E-state index in [2.05, 4.69) is 18.4 Å². The van der Waals surface area contributed by atoms with E-state index in [1.54, 1.807) is 18.9 Å². The average molecular weight is 239 g/mol. The van der Waals surface area contributed by atoms with Crippen LogP contribution in [0.4, 0.5) is 0 Å². The summed E-state index contributed by atoms with van der Waals surface area (Å²) >= 11 is 7.93. The highest BCUT2D eigenvalue weighted by atomic mass is 35.5. The molecule has 0 fully saturated rings. The number of halogens is 1. The van der Waals surface area contributed by atoms with Crippen molar-refractivity contribution in [2.45, 2.75) is 4.90 Å². The second-order valence-electron chi connectivity index (χ2n) is 3.17. The van der Waals surface area contributed by atoms with Gasteiger partial charge in [-0.15, -0.1) is 11.8 Å². The summed E-state index contributed by atoms with van der Waals surface area (Å²) in [6, 6.07) is 10.2. The number of fused-ring (bicyclic) bond motifs is 1. The summed E-state index contributed by atoms with van der Waals surface area (Å²) in [6.07, 6.45) is 2.06. The van der Waals surface area contributed by atoms with Crippen LogP contribution in [0.5, 0.6) is 5.75 Å². The molecule has 0 atom stereocenters. The van der Waals surface area contributed by atoms with Crippen molar-refractivity contribution >= 4 is 34.1 Å². The Morgan fingerprint density at radius 2 is 2.00 bits per heavy atom. The van der Waals surface area contributed by atoms with E-state index in [1.807, 2.05) is 18.2 Å². The zero-order valence-electron chi connectivity index (χ0n) is 8.58. The number of hydrogen-bond donors (Lipinski definition) is 0. The predicted octanol–water partition coefficient (Wildman–Crippen LogP) is 4.22. The van der Waals surface area contributed by atoms with Crippen LogP contribution in [0.1, 0.15) is 0 Å². The molecule has 0 unspecified atom stereocenters. The van der Waals surface area contributed by atoms with E-state index in [-0.39, 0.29) is 0 Å². The Balaban J connectivity index is 2.68. The molecule has 3 heteroatoms. The van der Waals surface area contributed by atoms with Gasteiger partial charge in [-0.25, -0.2) is 0 Å². The van der Waals surface area contributed by atoms with Gasteiger partial charge >= 0.3 is 0 Å². The lowest BCUT2D eigenvalue weighted by atomic mass is 10.1. The molecule has 1 nitrogen and oxygen atoms in total. The van der Waals surface area contributed by atoms with Gasteiger partial charge in [0.15, 0.2) is 0 Å². The van der Waals surface area contributed by atoms with Crippen molar-refractivity contribution in [1.82, 2.24) is 0 Å². The van der Waals surface area contributed by atoms with Gasteiger partial charge in [0.2, 0.25) is 0 Å². The van der Waals surface area contributed by atoms with Gasteiger partial charge in [-0.1, -0.05) is 23.7 Å². The maximum Gasteiger partial charge on any atom is 0.138 e. The molecule has 0 aromatic heterocycles. The van der Waals surface area contributed by atoms with Gasteiger partial charge in [0, 0.05) is 10.3 Å². The molecular formula is C12H11ClOS. The van der Waals surface area contributed by atoms with Gasteiger partial charge in [-0.05, 0) is 29.8 Å². The van der Waals surface area contributed by atoms with Gasteiger partial charge in [0.1, 0.15) is 5.75 Å². The first-order valence-corrected chi connectivity index (χ1v) is 6.17. The van der Waals surface area contributed by atoms with E-state index in [1.165, 1.54) is 4.90 Å². The van der Waals surface area contributed by atoms with Gasteiger partial charge in [0.25, 0.3) is 0 Å². The Hall–Kier alpha value is -0.860. The molecule has 2 aromatic carbocycles. The van der Waals surface area contributed by atoms with Crippen molar-refractivity contribution in [3.63, 3.8) is 0 Å². The minimum atomic E-state index is 0.683.